The van der Waals surface area contributed by atoms with Gasteiger partial charge in [-0.3, -0.25) is 4.90 Å². The molecule has 242 valence electrons. The van der Waals surface area contributed by atoms with Crippen LogP contribution in [0.15, 0.2) is 109 Å². The lowest BCUT2D eigenvalue weighted by Gasteiger charge is -2.23. The summed E-state index contributed by atoms with van der Waals surface area (Å²) >= 11 is 0. The second-order valence-corrected chi connectivity index (χ2v) is 10.3. The molecule has 10 heteroatoms. The molecule has 0 aromatic heterocycles. The molecule has 46 heavy (non-hydrogen) atoms. The zero-order chi connectivity index (χ0) is 33.5. The van der Waals surface area contributed by atoms with E-state index in [1.807, 2.05) is 0 Å². The average molecular weight is 630 g/mol. The number of carbonyl (C=O) groups excluding carboxylic acids is 3. The highest BCUT2D eigenvalue weighted by atomic mass is 16.5. The highest BCUT2D eigenvalue weighted by Crippen LogP contribution is 2.21. The fourth-order valence-electron chi connectivity index (χ4n) is 3.61. The molecule has 0 aliphatic heterocycles. The minimum atomic E-state index is -0.488. The second-order valence-electron chi connectivity index (χ2n) is 10.3. The Morgan fingerprint density at radius 3 is 0.891 bits per heavy atom. The van der Waals surface area contributed by atoms with Gasteiger partial charge in [-0.1, -0.05) is 19.7 Å². The number of carbonyl (C=O) groups is 3. The van der Waals surface area contributed by atoms with Crippen molar-refractivity contribution in [3.8, 4) is 34.5 Å². The number of benzene rings is 3. The SMILES string of the molecule is C=C(C)C(=O)Oc1ccc(OCCN(CCOc2ccc(OC(=O)C(=C)C)cc2)CCOc2ccc(OC(=O)C(=C)C)cc2)cc1. The lowest BCUT2D eigenvalue weighted by molar-refractivity contribution is -0.130. The first kappa shape index (κ1) is 35.1. The summed E-state index contributed by atoms with van der Waals surface area (Å²) in [5.74, 6) is 1.63. The van der Waals surface area contributed by atoms with Gasteiger partial charge in [0.15, 0.2) is 0 Å². The molecular formula is C36H39NO9. The van der Waals surface area contributed by atoms with Gasteiger partial charge in [-0.2, -0.15) is 0 Å². The van der Waals surface area contributed by atoms with E-state index in [0.29, 0.717) is 90.7 Å². The van der Waals surface area contributed by atoms with Crippen molar-refractivity contribution in [2.75, 3.05) is 39.5 Å². The first-order chi connectivity index (χ1) is 22.0. The minimum Gasteiger partial charge on any atom is -0.492 e. The predicted molar refractivity (Wildman–Crippen MR) is 174 cm³/mol. The molecule has 3 rings (SSSR count). The van der Waals surface area contributed by atoms with Crippen LogP contribution in [0.1, 0.15) is 20.8 Å². The Hall–Kier alpha value is -5.35. The van der Waals surface area contributed by atoms with Crippen LogP contribution in [0.2, 0.25) is 0 Å². The van der Waals surface area contributed by atoms with Crippen LogP contribution in [0.25, 0.3) is 0 Å². The summed E-state index contributed by atoms with van der Waals surface area (Å²) in [6, 6.07) is 20.3. The van der Waals surface area contributed by atoms with Crippen LogP contribution < -0.4 is 28.4 Å². The molecule has 0 aliphatic carbocycles. The minimum absolute atomic E-state index is 0.315. The van der Waals surface area contributed by atoms with Crippen molar-refractivity contribution < 1.29 is 42.8 Å². The van der Waals surface area contributed by atoms with E-state index in [2.05, 4.69) is 24.6 Å². The summed E-state index contributed by atoms with van der Waals surface area (Å²) in [4.78, 5) is 37.3. The lowest BCUT2D eigenvalue weighted by Crippen LogP contribution is -2.35. The molecule has 0 spiro atoms. The van der Waals surface area contributed by atoms with Crippen LogP contribution in [0, 0.1) is 0 Å². The molecule has 0 radical (unpaired) electrons. The summed E-state index contributed by atoms with van der Waals surface area (Å²) in [5.41, 5.74) is 0.946. The molecule has 0 atom stereocenters. The van der Waals surface area contributed by atoms with Crippen molar-refractivity contribution in [2.45, 2.75) is 20.8 Å². The summed E-state index contributed by atoms with van der Waals surface area (Å²) in [5, 5.41) is 0. The van der Waals surface area contributed by atoms with Crippen molar-refractivity contribution in [1.82, 2.24) is 4.90 Å². The maximum Gasteiger partial charge on any atom is 0.338 e. The van der Waals surface area contributed by atoms with Crippen molar-refractivity contribution >= 4 is 17.9 Å². The third kappa shape index (κ3) is 12.3. The van der Waals surface area contributed by atoms with Gasteiger partial charge in [-0.05, 0) is 93.6 Å². The average Bonchev–Trinajstić information content (AvgIpc) is 3.03. The zero-order valence-electron chi connectivity index (χ0n) is 26.4. The highest BCUT2D eigenvalue weighted by molar-refractivity contribution is 5.89. The molecular weight excluding hydrogens is 590 g/mol. The van der Waals surface area contributed by atoms with Gasteiger partial charge in [-0.15, -0.1) is 0 Å². The molecule has 3 aromatic rings. The van der Waals surface area contributed by atoms with E-state index in [4.69, 9.17) is 28.4 Å². The van der Waals surface area contributed by atoms with Crippen molar-refractivity contribution in [3.63, 3.8) is 0 Å². The van der Waals surface area contributed by atoms with Crippen LogP contribution in [0.5, 0.6) is 34.5 Å². The van der Waals surface area contributed by atoms with Gasteiger partial charge >= 0.3 is 17.9 Å². The number of esters is 3. The second kappa shape index (κ2) is 17.8. The molecule has 0 aliphatic rings. The lowest BCUT2D eigenvalue weighted by atomic mass is 10.3. The van der Waals surface area contributed by atoms with Crippen molar-refractivity contribution in [3.05, 3.63) is 109 Å². The molecule has 0 saturated carbocycles. The van der Waals surface area contributed by atoms with Gasteiger partial charge in [0.1, 0.15) is 54.3 Å². The van der Waals surface area contributed by atoms with E-state index in [-0.39, 0.29) is 0 Å². The smallest absolute Gasteiger partial charge is 0.338 e. The standard InChI is InChI=1S/C36H39NO9/c1-25(2)34(38)44-31-13-7-28(8-14-31)41-22-19-37(20-23-42-29-9-15-32(16-10-29)45-35(39)26(3)4)21-24-43-30-11-17-33(18-12-30)46-36(40)27(5)6/h7-18H,1,3,5,19-24H2,2,4,6H3. The van der Waals surface area contributed by atoms with Crippen molar-refractivity contribution in [1.29, 1.82) is 0 Å². The third-order valence-electron chi connectivity index (χ3n) is 6.18. The van der Waals surface area contributed by atoms with Crippen molar-refractivity contribution in [2.24, 2.45) is 0 Å². The Balaban J connectivity index is 1.53. The fraction of sp³-hybridized carbons (Fsp3) is 0.250. The molecule has 0 bridgehead atoms. The summed E-state index contributed by atoms with van der Waals surface area (Å²) in [6.07, 6.45) is 0. The van der Waals surface area contributed by atoms with E-state index >= 15 is 0 Å². The number of hydrogen-bond donors (Lipinski definition) is 0. The molecule has 0 N–H and O–H groups in total. The molecule has 0 amide bonds. The first-order valence-electron chi connectivity index (χ1n) is 14.5. The number of ether oxygens (including phenoxy) is 6. The Labute approximate surface area is 269 Å². The van der Waals surface area contributed by atoms with E-state index in [9.17, 15) is 14.4 Å². The van der Waals surface area contributed by atoms with Gasteiger partial charge in [0.05, 0.1) is 0 Å². The fourth-order valence-corrected chi connectivity index (χ4v) is 3.61. The van der Waals surface area contributed by atoms with Gasteiger partial charge in [0.25, 0.3) is 0 Å². The normalized spacial score (nSPS) is 10.4. The highest BCUT2D eigenvalue weighted by Gasteiger charge is 2.10. The van der Waals surface area contributed by atoms with Gasteiger partial charge < -0.3 is 28.4 Å². The molecule has 3 aromatic carbocycles. The maximum absolute atomic E-state index is 11.7. The van der Waals surface area contributed by atoms with E-state index < -0.39 is 17.9 Å². The quantitative estimate of drug-likeness (QED) is 0.0948. The number of hydrogen-bond acceptors (Lipinski definition) is 10. The Morgan fingerprint density at radius 1 is 0.457 bits per heavy atom. The van der Waals surface area contributed by atoms with Gasteiger partial charge in [0, 0.05) is 36.4 Å². The molecule has 0 fully saturated rings. The van der Waals surface area contributed by atoms with E-state index in [1.165, 1.54) is 0 Å². The summed E-state index contributed by atoms with van der Waals surface area (Å²) in [6.45, 7) is 18.4. The van der Waals surface area contributed by atoms with Crippen LogP contribution >= 0.6 is 0 Å². The molecule has 10 nitrogen and oxygen atoms in total. The first-order valence-corrected chi connectivity index (χ1v) is 14.5. The van der Waals surface area contributed by atoms with E-state index in [1.54, 1.807) is 93.6 Å². The van der Waals surface area contributed by atoms with E-state index in [0.717, 1.165) is 0 Å². The van der Waals surface area contributed by atoms with Crippen LogP contribution in [-0.2, 0) is 14.4 Å². The zero-order valence-corrected chi connectivity index (χ0v) is 26.4. The molecule has 0 unspecified atom stereocenters. The topological polar surface area (TPSA) is 110 Å². The number of rotatable bonds is 18. The number of nitrogens with zero attached hydrogens (tertiary/aromatic N) is 1. The van der Waals surface area contributed by atoms with Crippen LogP contribution in [0.4, 0.5) is 0 Å². The largest absolute Gasteiger partial charge is 0.492 e. The molecule has 0 heterocycles. The Kier molecular flexibility index (Phi) is 13.6. The predicted octanol–water partition coefficient (Wildman–Crippen LogP) is 5.97. The van der Waals surface area contributed by atoms with Crippen LogP contribution in [0.3, 0.4) is 0 Å². The summed E-state index contributed by atoms with van der Waals surface area (Å²) < 4.78 is 33.4. The Morgan fingerprint density at radius 2 is 0.674 bits per heavy atom. The molecule has 0 saturated heterocycles. The Bertz CT molecular complexity index is 1330. The third-order valence-corrected chi connectivity index (χ3v) is 6.18. The monoisotopic (exact) mass is 629 g/mol. The maximum atomic E-state index is 11.7. The summed E-state index contributed by atoms with van der Waals surface area (Å²) in [7, 11) is 0. The van der Waals surface area contributed by atoms with Crippen LogP contribution in [-0.4, -0.2) is 62.3 Å². The van der Waals surface area contributed by atoms with Gasteiger partial charge in [0.2, 0.25) is 0 Å². The van der Waals surface area contributed by atoms with Gasteiger partial charge in [-0.25, -0.2) is 14.4 Å².